The molecule has 1 heterocycles. The van der Waals surface area contributed by atoms with E-state index in [1.165, 1.54) is 5.56 Å². The Bertz CT molecular complexity index is 377. The lowest BCUT2D eigenvalue weighted by atomic mass is 10.1. The Balaban J connectivity index is 1.88. The summed E-state index contributed by atoms with van der Waals surface area (Å²) < 4.78 is 0. The van der Waals surface area contributed by atoms with Crippen molar-refractivity contribution in [3.8, 4) is 0 Å². The molecule has 1 aromatic rings. The predicted octanol–water partition coefficient (Wildman–Crippen LogP) is 2.31. The smallest absolute Gasteiger partial charge is 0.223 e. The molecule has 1 N–H and O–H groups in total. The second-order valence-electron chi connectivity index (χ2n) is 4.75. The lowest BCUT2D eigenvalue weighted by Gasteiger charge is -2.24. The fourth-order valence-corrected chi connectivity index (χ4v) is 2.22. The molecule has 1 aromatic carbocycles. The zero-order valence-electron chi connectivity index (χ0n) is 10.5. The molecule has 1 amide bonds. The molecule has 1 aliphatic rings. The van der Waals surface area contributed by atoms with Gasteiger partial charge in [0.25, 0.3) is 0 Å². The van der Waals surface area contributed by atoms with Crippen LogP contribution in [-0.2, 0) is 4.79 Å². The summed E-state index contributed by atoms with van der Waals surface area (Å²) in [6.07, 6.45) is 1.68. The Labute approximate surface area is 103 Å². The van der Waals surface area contributed by atoms with Gasteiger partial charge in [-0.05, 0) is 25.8 Å². The third-order valence-corrected chi connectivity index (χ3v) is 3.50. The first kappa shape index (κ1) is 12.1. The van der Waals surface area contributed by atoms with Gasteiger partial charge in [-0.25, -0.2) is 0 Å². The third-order valence-electron chi connectivity index (χ3n) is 3.50. The number of hydrogen-bond donors (Lipinski definition) is 1. The summed E-state index contributed by atoms with van der Waals surface area (Å²) in [7, 11) is 0. The first-order valence-corrected chi connectivity index (χ1v) is 6.26. The Morgan fingerprint density at radius 3 is 2.71 bits per heavy atom. The third kappa shape index (κ3) is 2.86. The molecule has 92 valence electrons. The molecule has 1 aliphatic heterocycles. The lowest BCUT2D eigenvalue weighted by molar-refractivity contribution is -0.129. The molecule has 0 spiro atoms. The average Bonchev–Trinajstić information content (AvgIpc) is 2.67. The highest BCUT2D eigenvalue weighted by atomic mass is 16.2. The Morgan fingerprint density at radius 2 is 2.12 bits per heavy atom. The standard InChI is InChI=1S/C14H20N2O/c1-11-8-9-14(17)16(11)10-15-12(2)13-6-4-3-5-7-13/h3-7,11-12,15H,8-10H2,1-2H3/t11-,12-/m1/s1. The molecule has 2 atom stereocenters. The molecule has 3 nitrogen and oxygen atoms in total. The van der Waals surface area contributed by atoms with Crippen molar-refractivity contribution < 1.29 is 4.79 Å². The van der Waals surface area contributed by atoms with E-state index in [2.05, 4.69) is 31.3 Å². The summed E-state index contributed by atoms with van der Waals surface area (Å²) in [5.41, 5.74) is 1.26. The second-order valence-corrected chi connectivity index (χ2v) is 4.75. The predicted molar refractivity (Wildman–Crippen MR) is 68.4 cm³/mol. The average molecular weight is 232 g/mol. The molecule has 0 bridgehead atoms. The molecular formula is C14H20N2O. The van der Waals surface area contributed by atoms with Crippen LogP contribution in [0.3, 0.4) is 0 Å². The molecule has 1 fully saturated rings. The summed E-state index contributed by atoms with van der Waals surface area (Å²) in [4.78, 5) is 13.5. The number of carbonyl (C=O) groups is 1. The fraction of sp³-hybridized carbons (Fsp3) is 0.500. The van der Waals surface area contributed by atoms with Crippen LogP contribution in [0.4, 0.5) is 0 Å². The van der Waals surface area contributed by atoms with Crippen LogP contribution in [-0.4, -0.2) is 23.5 Å². The summed E-state index contributed by atoms with van der Waals surface area (Å²) >= 11 is 0. The molecule has 0 saturated carbocycles. The molecule has 3 heteroatoms. The van der Waals surface area contributed by atoms with Crippen LogP contribution < -0.4 is 5.32 Å². The van der Waals surface area contributed by atoms with Gasteiger partial charge in [0.2, 0.25) is 5.91 Å². The van der Waals surface area contributed by atoms with Gasteiger partial charge in [0.05, 0.1) is 6.67 Å². The Kier molecular flexibility index (Phi) is 3.79. The van der Waals surface area contributed by atoms with E-state index in [4.69, 9.17) is 0 Å². The van der Waals surface area contributed by atoms with Crippen molar-refractivity contribution in [1.29, 1.82) is 0 Å². The van der Waals surface area contributed by atoms with E-state index in [0.717, 1.165) is 6.42 Å². The van der Waals surface area contributed by atoms with Crippen molar-refractivity contribution in [1.82, 2.24) is 10.2 Å². The summed E-state index contributed by atoms with van der Waals surface area (Å²) in [5.74, 6) is 0.269. The van der Waals surface area contributed by atoms with Crippen LogP contribution in [0.1, 0.15) is 38.3 Å². The monoisotopic (exact) mass is 232 g/mol. The van der Waals surface area contributed by atoms with Crippen LogP contribution >= 0.6 is 0 Å². The number of nitrogens with zero attached hydrogens (tertiary/aromatic N) is 1. The maximum absolute atomic E-state index is 11.6. The van der Waals surface area contributed by atoms with Crippen molar-refractivity contribution in [2.75, 3.05) is 6.67 Å². The highest BCUT2D eigenvalue weighted by molar-refractivity contribution is 5.78. The van der Waals surface area contributed by atoms with Crippen molar-refractivity contribution in [3.05, 3.63) is 35.9 Å². The van der Waals surface area contributed by atoms with Crippen molar-refractivity contribution in [3.63, 3.8) is 0 Å². The minimum absolute atomic E-state index is 0.269. The zero-order chi connectivity index (χ0) is 12.3. The van der Waals surface area contributed by atoms with Crippen molar-refractivity contribution in [2.45, 2.75) is 38.8 Å². The lowest BCUT2D eigenvalue weighted by Crippen LogP contribution is -2.40. The fourth-order valence-electron chi connectivity index (χ4n) is 2.22. The Hall–Kier alpha value is -1.35. The van der Waals surface area contributed by atoms with Gasteiger partial charge in [0.1, 0.15) is 0 Å². The molecule has 17 heavy (non-hydrogen) atoms. The van der Waals surface area contributed by atoms with Crippen molar-refractivity contribution in [2.24, 2.45) is 0 Å². The molecule has 0 radical (unpaired) electrons. The van der Waals surface area contributed by atoms with Crippen LogP contribution in [0.5, 0.6) is 0 Å². The molecule has 2 rings (SSSR count). The van der Waals surface area contributed by atoms with Crippen LogP contribution in [0.15, 0.2) is 30.3 Å². The van der Waals surface area contributed by atoms with Crippen molar-refractivity contribution >= 4 is 5.91 Å². The molecule has 0 unspecified atom stereocenters. The maximum atomic E-state index is 11.6. The van der Waals surface area contributed by atoms with Crippen LogP contribution in [0.2, 0.25) is 0 Å². The number of rotatable bonds is 4. The van der Waals surface area contributed by atoms with Gasteiger partial charge in [-0.15, -0.1) is 0 Å². The maximum Gasteiger partial charge on any atom is 0.223 e. The molecule has 0 aliphatic carbocycles. The number of hydrogen-bond acceptors (Lipinski definition) is 2. The van der Waals surface area contributed by atoms with Gasteiger partial charge in [0.15, 0.2) is 0 Å². The minimum Gasteiger partial charge on any atom is -0.327 e. The van der Waals surface area contributed by atoms with Gasteiger partial charge in [-0.3, -0.25) is 10.1 Å². The van der Waals surface area contributed by atoms with E-state index in [-0.39, 0.29) is 11.9 Å². The van der Waals surface area contributed by atoms with Gasteiger partial charge in [-0.1, -0.05) is 30.3 Å². The van der Waals surface area contributed by atoms with E-state index < -0.39 is 0 Å². The van der Waals surface area contributed by atoms with Gasteiger partial charge in [-0.2, -0.15) is 0 Å². The zero-order valence-corrected chi connectivity index (χ0v) is 10.5. The first-order chi connectivity index (χ1) is 8.18. The van der Waals surface area contributed by atoms with Gasteiger partial charge >= 0.3 is 0 Å². The van der Waals surface area contributed by atoms with E-state index >= 15 is 0 Å². The summed E-state index contributed by atoms with van der Waals surface area (Å²) in [6.45, 7) is 4.89. The van der Waals surface area contributed by atoms with Crippen LogP contribution in [0.25, 0.3) is 0 Å². The number of nitrogens with one attached hydrogen (secondary N) is 1. The van der Waals surface area contributed by atoms with Gasteiger partial charge in [0, 0.05) is 18.5 Å². The normalized spacial score (nSPS) is 21.9. The minimum atomic E-state index is 0.269. The van der Waals surface area contributed by atoms with E-state index in [0.29, 0.717) is 19.1 Å². The highest BCUT2D eigenvalue weighted by Gasteiger charge is 2.27. The largest absolute Gasteiger partial charge is 0.327 e. The SMILES string of the molecule is C[C@@H]1CCC(=O)N1CN[C@H](C)c1ccccc1. The number of carbonyl (C=O) groups excluding carboxylic acids is 1. The number of likely N-dealkylation sites (tertiary alicyclic amines) is 1. The van der Waals surface area contributed by atoms with Gasteiger partial charge < -0.3 is 4.90 Å². The second kappa shape index (κ2) is 5.32. The number of benzene rings is 1. The van der Waals surface area contributed by atoms with Crippen LogP contribution in [0, 0.1) is 0 Å². The van der Waals surface area contributed by atoms with E-state index in [1.807, 2.05) is 23.1 Å². The molecule has 1 saturated heterocycles. The first-order valence-electron chi connectivity index (χ1n) is 6.26. The van der Waals surface area contributed by atoms with E-state index in [9.17, 15) is 4.79 Å². The van der Waals surface area contributed by atoms with E-state index in [1.54, 1.807) is 0 Å². The number of amides is 1. The topological polar surface area (TPSA) is 32.3 Å². The molecule has 0 aromatic heterocycles. The summed E-state index contributed by atoms with van der Waals surface area (Å²) in [6, 6.07) is 10.9. The Morgan fingerprint density at radius 1 is 1.41 bits per heavy atom. The molecular weight excluding hydrogens is 212 g/mol. The quantitative estimate of drug-likeness (QED) is 0.864. The highest BCUT2D eigenvalue weighted by Crippen LogP contribution is 2.18. The summed E-state index contributed by atoms with van der Waals surface area (Å²) in [5, 5.41) is 3.41.